The molecule has 0 radical (unpaired) electrons. The fraction of sp³-hybridized carbons (Fsp3) is 0.0526. The summed E-state index contributed by atoms with van der Waals surface area (Å²) in [5, 5.41) is 6.17. The van der Waals surface area contributed by atoms with Gasteiger partial charge in [-0.15, -0.1) is 0 Å². The number of benzene rings is 3. The Morgan fingerprint density at radius 2 is 1.65 bits per heavy atom. The molecule has 3 rings (SSSR count). The van der Waals surface area contributed by atoms with E-state index in [1.807, 2.05) is 73.7 Å². The quantitative estimate of drug-likeness (QED) is 0.527. The van der Waals surface area contributed by atoms with E-state index in [1.165, 1.54) is 0 Å². The van der Waals surface area contributed by atoms with Crippen molar-refractivity contribution in [2.75, 3.05) is 0 Å². The third-order valence-corrected chi connectivity index (χ3v) is 4.15. The zero-order valence-electron chi connectivity index (χ0n) is 12.6. The van der Waals surface area contributed by atoms with Crippen LogP contribution in [0.5, 0.6) is 0 Å². The molecular weight excluding hydrogens is 352 g/mol. The van der Waals surface area contributed by atoms with Crippen molar-refractivity contribution in [1.29, 1.82) is 0 Å². The predicted molar refractivity (Wildman–Crippen MR) is 97.8 cm³/mol. The number of amides is 1. The third kappa shape index (κ3) is 3.48. The number of nitrogens with one attached hydrogen (secondary N) is 1. The minimum atomic E-state index is -0.210. The Bertz CT molecular complexity index is 880. The van der Waals surface area contributed by atoms with Crippen LogP contribution in [0.4, 0.5) is 0 Å². The van der Waals surface area contributed by atoms with E-state index >= 15 is 0 Å². The fourth-order valence-corrected chi connectivity index (χ4v) is 2.64. The van der Waals surface area contributed by atoms with E-state index in [1.54, 1.807) is 0 Å². The van der Waals surface area contributed by atoms with Crippen LogP contribution >= 0.6 is 15.9 Å². The molecule has 4 heteroatoms. The molecule has 3 aromatic carbocycles. The molecule has 0 aliphatic rings. The topological polar surface area (TPSA) is 41.5 Å². The lowest BCUT2D eigenvalue weighted by Gasteiger charge is -2.06. The lowest BCUT2D eigenvalue weighted by atomic mass is 10.0. The molecular formula is C19H15BrN2O. The van der Waals surface area contributed by atoms with Crippen LogP contribution in [0.15, 0.2) is 76.3 Å². The maximum atomic E-state index is 12.4. The van der Waals surface area contributed by atoms with Gasteiger partial charge in [0.1, 0.15) is 0 Å². The summed E-state index contributed by atoms with van der Waals surface area (Å²) in [6, 6.07) is 21.3. The number of hydrogen-bond donors (Lipinski definition) is 1. The van der Waals surface area contributed by atoms with Gasteiger partial charge in [-0.25, -0.2) is 5.43 Å². The van der Waals surface area contributed by atoms with Crippen LogP contribution in [0.2, 0.25) is 0 Å². The summed E-state index contributed by atoms with van der Waals surface area (Å²) in [7, 11) is 0. The number of nitrogens with zero attached hydrogens (tertiary/aromatic N) is 1. The van der Waals surface area contributed by atoms with Crippen LogP contribution < -0.4 is 5.43 Å². The van der Waals surface area contributed by atoms with E-state index in [0.29, 0.717) is 5.56 Å². The molecule has 0 unspecified atom stereocenters. The monoisotopic (exact) mass is 366 g/mol. The van der Waals surface area contributed by atoms with Crippen LogP contribution in [0, 0.1) is 0 Å². The van der Waals surface area contributed by atoms with Gasteiger partial charge < -0.3 is 0 Å². The lowest BCUT2D eigenvalue weighted by Crippen LogP contribution is -2.19. The highest BCUT2D eigenvalue weighted by molar-refractivity contribution is 9.10. The Kier molecular flexibility index (Phi) is 4.53. The van der Waals surface area contributed by atoms with Crippen molar-refractivity contribution >= 4 is 38.3 Å². The smallest absolute Gasteiger partial charge is 0.267 e. The van der Waals surface area contributed by atoms with E-state index in [0.717, 1.165) is 26.5 Å². The number of carbonyl (C=O) groups excluding carboxylic acids is 1. The number of hydrogen-bond acceptors (Lipinski definition) is 2. The van der Waals surface area contributed by atoms with Crippen LogP contribution in [-0.2, 0) is 0 Å². The van der Waals surface area contributed by atoms with Crippen LogP contribution in [0.3, 0.4) is 0 Å². The zero-order chi connectivity index (χ0) is 16.2. The van der Waals surface area contributed by atoms with E-state index in [9.17, 15) is 4.79 Å². The molecule has 0 heterocycles. The minimum Gasteiger partial charge on any atom is -0.267 e. The lowest BCUT2D eigenvalue weighted by molar-refractivity contribution is 0.0956. The number of carbonyl (C=O) groups is 1. The Morgan fingerprint density at radius 3 is 2.43 bits per heavy atom. The van der Waals surface area contributed by atoms with Gasteiger partial charge in [-0.05, 0) is 41.5 Å². The molecule has 0 aromatic heterocycles. The average molecular weight is 367 g/mol. The van der Waals surface area contributed by atoms with Crippen LogP contribution in [0.25, 0.3) is 10.8 Å². The Morgan fingerprint density at radius 1 is 0.957 bits per heavy atom. The first-order chi connectivity index (χ1) is 11.1. The van der Waals surface area contributed by atoms with Crippen LogP contribution in [0.1, 0.15) is 22.8 Å². The standard InChI is InChI=1S/C19H15BrN2O/c1-13(14-9-11-16(20)12-10-14)21-22-19(23)18-8-4-6-15-5-2-3-7-17(15)18/h2-12H,1H3,(H,22,23)/b21-13+. The van der Waals surface area contributed by atoms with E-state index in [-0.39, 0.29) is 5.91 Å². The molecule has 0 saturated carbocycles. The van der Waals surface area contributed by atoms with Gasteiger partial charge in [-0.2, -0.15) is 5.10 Å². The molecule has 0 bridgehead atoms. The van der Waals surface area contributed by atoms with E-state index in [4.69, 9.17) is 0 Å². The molecule has 3 nitrogen and oxygen atoms in total. The highest BCUT2D eigenvalue weighted by Gasteiger charge is 2.09. The maximum absolute atomic E-state index is 12.4. The first kappa shape index (κ1) is 15.4. The summed E-state index contributed by atoms with van der Waals surface area (Å²) in [6.07, 6.45) is 0. The molecule has 23 heavy (non-hydrogen) atoms. The largest absolute Gasteiger partial charge is 0.272 e. The second-order valence-corrected chi connectivity index (χ2v) is 6.09. The van der Waals surface area contributed by atoms with Crippen molar-refractivity contribution in [3.8, 4) is 0 Å². The summed E-state index contributed by atoms with van der Waals surface area (Å²) >= 11 is 3.40. The van der Waals surface area contributed by atoms with Crippen molar-refractivity contribution in [3.05, 3.63) is 82.3 Å². The third-order valence-electron chi connectivity index (χ3n) is 3.62. The van der Waals surface area contributed by atoms with Crippen LogP contribution in [-0.4, -0.2) is 11.6 Å². The SMILES string of the molecule is C/C(=N\NC(=O)c1cccc2ccccc12)c1ccc(Br)cc1. The van der Waals surface area contributed by atoms with Crippen molar-refractivity contribution in [3.63, 3.8) is 0 Å². The molecule has 0 atom stereocenters. The molecule has 1 N–H and O–H groups in total. The molecule has 0 fully saturated rings. The summed E-state index contributed by atoms with van der Waals surface area (Å²) < 4.78 is 1.01. The van der Waals surface area contributed by atoms with Gasteiger partial charge in [0.15, 0.2) is 0 Å². The van der Waals surface area contributed by atoms with Gasteiger partial charge in [0, 0.05) is 10.0 Å². The predicted octanol–water partition coefficient (Wildman–Crippen LogP) is 4.76. The number of fused-ring (bicyclic) bond motifs is 1. The second kappa shape index (κ2) is 6.75. The molecule has 3 aromatic rings. The summed E-state index contributed by atoms with van der Waals surface area (Å²) in [6.45, 7) is 1.87. The molecule has 0 aliphatic carbocycles. The summed E-state index contributed by atoms with van der Waals surface area (Å²) in [5.74, 6) is -0.210. The average Bonchev–Trinajstić information content (AvgIpc) is 2.59. The fourth-order valence-electron chi connectivity index (χ4n) is 2.37. The van der Waals surface area contributed by atoms with Crippen molar-refractivity contribution in [1.82, 2.24) is 5.43 Å². The molecule has 114 valence electrons. The second-order valence-electron chi connectivity index (χ2n) is 5.17. The molecule has 0 spiro atoms. The Balaban J connectivity index is 1.83. The zero-order valence-corrected chi connectivity index (χ0v) is 14.2. The van der Waals surface area contributed by atoms with Crippen molar-refractivity contribution < 1.29 is 4.79 Å². The summed E-state index contributed by atoms with van der Waals surface area (Å²) in [5.41, 5.74) is 4.98. The Hall–Kier alpha value is -2.46. The number of hydrazone groups is 1. The normalized spacial score (nSPS) is 11.5. The highest BCUT2D eigenvalue weighted by atomic mass is 79.9. The van der Waals surface area contributed by atoms with Gasteiger partial charge in [-0.3, -0.25) is 4.79 Å². The van der Waals surface area contributed by atoms with Gasteiger partial charge in [-0.1, -0.05) is 64.5 Å². The van der Waals surface area contributed by atoms with Gasteiger partial charge in [0.05, 0.1) is 5.71 Å². The van der Waals surface area contributed by atoms with Crippen molar-refractivity contribution in [2.24, 2.45) is 5.10 Å². The van der Waals surface area contributed by atoms with Gasteiger partial charge in [0.25, 0.3) is 5.91 Å². The van der Waals surface area contributed by atoms with E-state index < -0.39 is 0 Å². The highest BCUT2D eigenvalue weighted by Crippen LogP contribution is 2.18. The summed E-state index contributed by atoms with van der Waals surface area (Å²) in [4.78, 5) is 12.4. The first-order valence-electron chi connectivity index (χ1n) is 7.23. The van der Waals surface area contributed by atoms with Gasteiger partial charge in [0.2, 0.25) is 0 Å². The molecule has 1 amide bonds. The van der Waals surface area contributed by atoms with Gasteiger partial charge >= 0.3 is 0 Å². The van der Waals surface area contributed by atoms with E-state index in [2.05, 4.69) is 26.5 Å². The number of rotatable bonds is 3. The van der Waals surface area contributed by atoms with Crippen molar-refractivity contribution in [2.45, 2.75) is 6.92 Å². The maximum Gasteiger partial charge on any atom is 0.272 e. The first-order valence-corrected chi connectivity index (χ1v) is 8.03. The molecule has 0 saturated heterocycles. The Labute approximate surface area is 143 Å². The number of halogens is 1. The molecule has 0 aliphatic heterocycles. The minimum absolute atomic E-state index is 0.210.